The molecule has 3 N–H and O–H groups in total. The maximum absolute atomic E-state index is 12.4. The lowest BCUT2D eigenvalue weighted by Gasteiger charge is -2.17. The molecule has 1 amide bonds. The Morgan fingerprint density at radius 3 is 2.58 bits per heavy atom. The number of nitrogen functional groups attached to an aromatic ring is 1. The first-order valence-electron chi connectivity index (χ1n) is 6.41. The number of hydrogen-bond acceptors (Lipinski definition) is 3. The van der Waals surface area contributed by atoms with Crippen LogP contribution in [0.5, 0.6) is 0 Å². The van der Waals surface area contributed by atoms with Crippen molar-refractivity contribution in [2.24, 2.45) is 0 Å². The number of aliphatic hydroxyl groups excluding tert-OH is 1. The summed E-state index contributed by atoms with van der Waals surface area (Å²) in [5, 5.41) is 11.5. The van der Waals surface area contributed by atoms with E-state index in [-0.39, 0.29) is 5.91 Å². The lowest BCUT2D eigenvalue weighted by atomic mass is 10.0. The standard InChI is InChI=1S/C15H16N2O2/c16-14-8-11-4-2-1-3-10(11)7-13(14)15(19)17-6-5-12(18)9-17/h1-4,7-8,12,18H,5-6,9,16H2/t12-/m1/s1. The van der Waals surface area contributed by atoms with Crippen LogP contribution >= 0.6 is 0 Å². The van der Waals surface area contributed by atoms with Crippen LogP contribution < -0.4 is 5.73 Å². The number of amides is 1. The van der Waals surface area contributed by atoms with Crippen molar-refractivity contribution < 1.29 is 9.90 Å². The van der Waals surface area contributed by atoms with Crippen molar-refractivity contribution in [3.63, 3.8) is 0 Å². The average Bonchev–Trinajstić information content (AvgIpc) is 2.84. The Hall–Kier alpha value is -2.07. The second-order valence-electron chi connectivity index (χ2n) is 4.98. The minimum absolute atomic E-state index is 0.0974. The van der Waals surface area contributed by atoms with Crippen LogP contribution in [-0.4, -0.2) is 35.1 Å². The Morgan fingerprint density at radius 2 is 1.95 bits per heavy atom. The SMILES string of the molecule is Nc1cc2ccccc2cc1C(=O)N1CC[C@@H](O)C1. The van der Waals surface area contributed by atoms with Gasteiger partial charge >= 0.3 is 0 Å². The van der Waals surface area contributed by atoms with Gasteiger partial charge in [0.1, 0.15) is 0 Å². The molecule has 4 heteroatoms. The molecule has 1 atom stereocenters. The van der Waals surface area contributed by atoms with Crippen LogP contribution in [0.15, 0.2) is 36.4 Å². The lowest BCUT2D eigenvalue weighted by molar-refractivity contribution is 0.0766. The van der Waals surface area contributed by atoms with E-state index in [0.29, 0.717) is 30.8 Å². The summed E-state index contributed by atoms with van der Waals surface area (Å²) in [6.45, 7) is 0.983. The molecule has 0 spiro atoms. The summed E-state index contributed by atoms with van der Waals surface area (Å²) in [7, 11) is 0. The van der Waals surface area contributed by atoms with Crippen molar-refractivity contribution in [3.8, 4) is 0 Å². The number of benzene rings is 2. The summed E-state index contributed by atoms with van der Waals surface area (Å²) in [5.41, 5.74) is 6.99. The number of β-amino-alcohol motifs (C(OH)–C–C–N with tert-alkyl or cyclic N) is 1. The number of nitrogens with two attached hydrogens (primary N) is 1. The number of nitrogens with zero attached hydrogens (tertiary/aromatic N) is 1. The van der Waals surface area contributed by atoms with Gasteiger partial charge in [-0.3, -0.25) is 4.79 Å². The minimum Gasteiger partial charge on any atom is -0.398 e. The van der Waals surface area contributed by atoms with Gasteiger partial charge in [-0.15, -0.1) is 0 Å². The van der Waals surface area contributed by atoms with E-state index in [1.165, 1.54) is 0 Å². The molecule has 1 saturated heterocycles. The molecule has 0 saturated carbocycles. The highest BCUT2D eigenvalue weighted by Gasteiger charge is 2.26. The minimum atomic E-state index is -0.411. The molecule has 4 nitrogen and oxygen atoms in total. The zero-order chi connectivity index (χ0) is 13.4. The van der Waals surface area contributed by atoms with Crippen molar-refractivity contribution >= 4 is 22.4 Å². The predicted molar refractivity (Wildman–Crippen MR) is 74.9 cm³/mol. The van der Waals surface area contributed by atoms with E-state index in [2.05, 4.69) is 0 Å². The van der Waals surface area contributed by atoms with Gasteiger partial charge < -0.3 is 15.7 Å². The highest BCUT2D eigenvalue weighted by Crippen LogP contribution is 2.24. The normalized spacial score (nSPS) is 19.0. The van der Waals surface area contributed by atoms with Gasteiger partial charge in [0, 0.05) is 18.8 Å². The molecular weight excluding hydrogens is 240 g/mol. The first-order valence-corrected chi connectivity index (χ1v) is 6.41. The number of hydrogen-bond donors (Lipinski definition) is 2. The molecule has 0 bridgehead atoms. The molecule has 0 unspecified atom stereocenters. The van der Waals surface area contributed by atoms with E-state index in [1.54, 1.807) is 4.90 Å². The summed E-state index contributed by atoms with van der Waals surface area (Å²) < 4.78 is 0. The maximum Gasteiger partial charge on any atom is 0.256 e. The van der Waals surface area contributed by atoms with Crippen LogP contribution in [0.4, 0.5) is 5.69 Å². The Kier molecular flexibility index (Phi) is 2.87. The van der Waals surface area contributed by atoms with E-state index >= 15 is 0 Å². The number of rotatable bonds is 1. The van der Waals surface area contributed by atoms with Gasteiger partial charge in [-0.1, -0.05) is 24.3 Å². The number of likely N-dealkylation sites (tertiary alicyclic amines) is 1. The summed E-state index contributed by atoms with van der Waals surface area (Å²) in [5.74, 6) is -0.0974. The molecular formula is C15H16N2O2. The second kappa shape index (κ2) is 4.55. The number of carbonyl (C=O) groups excluding carboxylic acids is 1. The molecule has 0 aliphatic carbocycles. The molecule has 0 aromatic heterocycles. The van der Waals surface area contributed by atoms with Gasteiger partial charge in [-0.25, -0.2) is 0 Å². The number of carbonyl (C=O) groups is 1. The third-order valence-corrected chi connectivity index (χ3v) is 3.60. The third kappa shape index (κ3) is 2.15. The van der Waals surface area contributed by atoms with Crippen LogP contribution in [0, 0.1) is 0 Å². The van der Waals surface area contributed by atoms with Crippen LogP contribution in [0.2, 0.25) is 0 Å². The Balaban J connectivity index is 2.00. The van der Waals surface area contributed by atoms with Gasteiger partial charge in [0.25, 0.3) is 5.91 Å². The smallest absolute Gasteiger partial charge is 0.256 e. The van der Waals surface area contributed by atoms with E-state index in [1.807, 2.05) is 36.4 Å². The molecule has 1 aliphatic rings. The second-order valence-corrected chi connectivity index (χ2v) is 4.98. The fraction of sp³-hybridized carbons (Fsp3) is 0.267. The Morgan fingerprint density at radius 1 is 1.26 bits per heavy atom. The largest absolute Gasteiger partial charge is 0.398 e. The number of anilines is 1. The van der Waals surface area contributed by atoms with E-state index < -0.39 is 6.10 Å². The van der Waals surface area contributed by atoms with Crippen LogP contribution in [-0.2, 0) is 0 Å². The maximum atomic E-state index is 12.4. The molecule has 2 aromatic carbocycles. The molecule has 3 rings (SSSR count). The molecule has 1 fully saturated rings. The van der Waals surface area contributed by atoms with Crippen molar-refractivity contribution in [2.45, 2.75) is 12.5 Å². The highest BCUT2D eigenvalue weighted by molar-refractivity contribution is 6.04. The molecule has 2 aromatic rings. The summed E-state index contributed by atoms with van der Waals surface area (Å²) in [4.78, 5) is 14.0. The van der Waals surface area contributed by atoms with Gasteiger partial charge in [0.05, 0.1) is 11.7 Å². The molecule has 19 heavy (non-hydrogen) atoms. The number of aliphatic hydroxyl groups is 1. The molecule has 1 heterocycles. The first kappa shape index (κ1) is 12.0. The fourth-order valence-corrected chi connectivity index (χ4v) is 2.54. The van der Waals surface area contributed by atoms with Crippen molar-refractivity contribution in [3.05, 3.63) is 42.0 Å². The van der Waals surface area contributed by atoms with E-state index in [9.17, 15) is 9.90 Å². The van der Waals surface area contributed by atoms with Crippen molar-refractivity contribution in [2.75, 3.05) is 18.8 Å². The zero-order valence-corrected chi connectivity index (χ0v) is 10.5. The Bertz CT molecular complexity index is 639. The van der Waals surface area contributed by atoms with Gasteiger partial charge in [0.15, 0.2) is 0 Å². The lowest BCUT2D eigenvalue weighted by Crippen LogP contribution is -2.30. The van der Waals surface area contributed by atoms with Crippen molar-refractivity contribution in [1.82, 2.24) is 4.90 Å². The predicted octanol–water partition coefficient (Wildman–Crippen LogP) is 1.63. The van der Waals surface area contributed by atoms with E-state index in [4.69, 9.17) is 5.73 Å². The van der Waals surface area contributed by atoms with Crippen LogP contribution in [0.3, 0.4) is 0 Å². The first-order chi connectivity index (χ1) is 9.15. The van der Waals surface area contributed by atoms with E-state index in [0.717, 1.165) is 10.8 Å². The average molecular weight is 256 g/mol. The quantitative estimate of drug-likeness (QED) is 0.762. The van der Waals surface area contributed by atoms with Gasteiger partial charge in [-0.2, -0.15) is 0 Å². The van der Waals surface area contributed by atoms with Crippen molar-refractivity contribution in [1.29, 1.82) is 0 Å². The molecule has 98 valence electrons. The van der Waals surface area contributed by atoms with Crippen LogP contribution in [0.25, 0.3) is 10.8 Å². The topological polar surface area (TPSA) is 66.6 Å². The zero-order valence-electron chi connectivity index (χ0n) is 10.5. The summed E-state index contributed by atoms with van der Waals surface area (Å²) in [6, 6.07) is 11.5. The fourth-order valence-electron chi connectivity index (χ4n) is 2.54. The summed E-state index contributed by atoms with van der Waals surface area (Å²) in [6.07, 6.45) is 0.227. The Labute approximate surface area is 111 Å². The van der Waals surface area contributed by atoms with Crippen LogP contribution in [0.1, 0.15) is 16.8 Å². The third-order valence-electron chi connectivity index (χ3n) is 3.60. The monoisotopic (exact) mass is 256 g/mol. The number of fused-ring (bicyclic) bond motifs is 1. The van der Waals surface area contributed by atoms with Gasteiger partial charge in [0.2, 0.25) is 0 Å². The highest BCUT2D eigenvalue weighted by atomic mass is 16.3. The molecule has 1 aliphatic heterocycles. The molecule has 0 radical (unpaired) electrons. The van der Waals surface area contributed by atoms with Gasteiger partial charge in [-0.05, 0) is 29.3 Å². The summed E-state index contributed by atoms with van der Waals surface area (Å²) >= 11 is 0.